The highest BCUT2D eigenvalue weighted by Crippen LogP contribution is 2.12. The van der Waals surface area contributed by atoms with Crippen LogP contribution >= 0.6 is 0 Å². The van der Waals surface area contributed by atoms with E-state index in [1.165, 1.54) is 7.11 Å². The third-order valence-electron chi connectivity index (χ3n) is 2.61. The molecule has 0 saturated carbocycles. The summed E-state index contributed by atoms with van der Waals surface area (Å²) in [5.74, 6) is -0.457. The quantitative estimate of drug-likeness (QED) is 0.642. The Morgan fingerprint density at radius 3 is 2.40 bits per heavy atom. The maximum atomic E-state index is 11.7. The lowest BCUT2D eigenvalue weighted by molar-refractivity contribution is -0.118. The number of carbonyl (C=O) groups is 1. The molecule has 0 heterocycles. The number of nitrogens with one attached hydrogen (secondary N) is 1. The van der Waals surface area contributed by atoms with Crippen molar-refractivity contribution in [1.29, 1.82) is 0 Å². The topological polar surface area (TPSA) is 125 Å². The lowest BCUT2D eigenvalue weighted by Crippen LogP contribution is -2.28. The Hall–Kier alpha value is -1.48. The Kier molecular flexibility index (Phi) is 6.08. The van der Waals surface area contributed by atoms with Crippen molar-refractivity contribution >= 4 is 21.6 Å². The second kappa shape index (κ2) is 7.34. The molecule has 1 atom stereocenters. The summed E-state index contributed by atoms with van der Waals surface area (Å²) in [4.78, 5) is 11.7. The second-order valence-electron chi connectivity index (χ2n) is 4.35. The van der Waals surface area contributed by atoms with Gasteiger partial charge in [-0.05, 0) is 17.7 Å². The summed E-state index contributed by atoms with van der Waals surface area (Å²) in [7, 11) is -2.06. The molecule has 0 saturated heterocycles. The molecule has 0 aliphatic carbocycles. The van der Waals surface area contributed by atoms with Gasteiger partial charge >= 0.3 is 0 Å². The molecule has 112 valence electrons. The van der Waals surface area contributed by atoms with Crippen LogP contribution in [-0.2, 0) is 25.3 Å². The molecule has 8 heteroatoms. The molecule has 0 aliphatic rings. The van der Waals surface area contributed by atoms with Crippen molar-refractivity contribution in [2.45, 2.75) is 18.3 Å². The van der Waals surface area contributed by atoms with E-state index in [-0.39, 0.29) is 30.7 Å². The van der Waals surface area contributed by atoms with E-state index in [4.69, 9.17) is 15.6 Å². The van der Waals surface area contributed by atoms with Gasteiger partial charge in [-0.2, -0.15) is 0 Å². The van der Waals surface area contributed by atoms with Crippen LogP contribution in [0, 0.1) is 0 Å². The van der Waals surface area contributed by atoms with E-state index in [0.29, 0.717) is 11.3 Å². The van der Waals surface area contributed by atoms with Crippen molar-refractivity contribution in [3.8, 4) is 0 Å². The number of amides is 1. The zero-order valence-electron chi connectivity index (χ0n) is 11.2. The maximum Gasteiger partial charge on any atom is 0.227 e. The van der Waals surface area contributed by atoms with Gasteiger partial charge in [0.1, 0.15) is 0 Å². The standard InChI is InChI=1S/C12H19N3O4S/c1-19-11(7-13)6-12(16)15-10-4-2-9(3-5-10)8-20(14,17)18/h2-5,11H,6-8,13H2,1H3,(H,15,16)(H2,14,17,18). The SMILES string of the molecule is COC(CN)CC(=O)Nc1ccc(CS(N)(=O)=O)cc1. The Bertz CT molecular complexity index is 538. The van der Waals surface area contributed by atoms with Crippen LogP contribution in [0.15, 0.2) is 24.3 Å². The van der Waals surface area contributed by atoms with Gasteiger partial charge in [0.05, 0.1) is 18.3 Å². The number of carbonyl (C=O) groups excluding carboxylic acids is 1. The number of methoxy groups -OCH3 is 1. The van der Waals surface area contributed by atoms with Crippen LogP contribution in [0.4, 0.5) is 5.69 Å². The van der Waals surface area contributed by atoms with Crippen molar-refractivity contribution in [3.05, 3.63) is 29.8 Å². The number of nitrogens with two attached hydrogens (primary N) is 2. The average Bonchev–Trinajstić information content (AvgIpc) is 2.36. The number of benzene rings is 1. The fourth-order valence-corrected chi connectivity index (χ4v) is 2.26. The predicted molar refractivity (Wildman–Crippen MR) is 76.4 cm³/mol. The fraction of sp³-hybridized carbons (Fsp3) is 0.417. The number of primary sulfonamides is 1. The first-order valence-electron chi connectivity index (χ1n) is 5.96. The summed E-state index contributed by atoms with van der Waals surface area (Å²) >= 11 is 0. The Morgan fingerprint density at radius 1 is 1.35 bits per heavy atom. The molecular formula is C12H19N3O4S. The van der Waals surface area contributed by atoms with E-state index in [0.717, 1.165) is 0 Å². The minimum Gasteiger partial charge on any atom is -0.380 e. The first-order chi connectivity index (χ1) is 9.34. The van der Waals surface area contributed by atoms with Crippen molar-refractivity contribution < 1.29 is 17.9 Å². The molecule has 7 nitrogen and oxygen atoms in total. The summed E-state index contributed by atoms with van der Waals surface area (Å²) < 4.78 is 26.9. The summed E-state index contributed by atoms with van der Waals surface area (Å²) in [6, 6.07) is 6.42. The highest BCUT2D eigenvalue weighted by molar-refractivity contribution is 7.88. The molecule has 0 radical (unpaired) electrons. The molecule has 5 N–H and O–H groups in total. The van der Waals surface area contributed by atoms with Crippen molar-refractivity contribution in [1.82, 2.24) is 0 Å². The van der Waals surface area contributed by atoms with Gasteiger partial charge < -0.3 is 15.8 Å². The van der Waals surface area contributed by atoms with Gasteiger partial charge in [-0.25, -0.2) is 13.6 Å². The second-order valence-corrected chi connectivity index (χ2v) is 5.96. The lowest BCUT2D eigenvalue weighted by atomic mass is 10.2. The van der Waals surface area contributed by atoms with E-state index >= 15 is 0 Å². The molecule has 0 bridgehead atoms. The first-order valence-corrected chi connectivity index (χ1v) is 7.67. The van der Waals surface area contributed by atoms with E-state index in [1.807, 2.05) is 0 Å². The number of sulfonamides is 1. The zero-order chi connectivity index (χ0) is 15.2. The minimum absolute atomic E-state index is 0.159. The summed E-state index contributed by atoms with van der Waals surface area (Å²) in [6.07, 6.45) is -0.164. The molecular weight excluding hydrogens is 282 g/mol. The molecule has 1 amide bonds. The van der Waals surface area contributed by atoms with Crippen LogP contribution in [0.5, 0.6) is 0 Å². The Balaban J connectivity index is 2.59. The lowest BCUT2D eigenvalue weighted by Gasteiger charge is -2.12. The Morgan fingerprint density at radius 2 is 1.95 bits per heavy atom. The van der Waals surface area contributed by atoms with Crippen molar-refractivity contribution in [2.24, 2.45) is 10.9 Å². The molecule has 0 fully saturated rings. The van der Waals surface area contributed by atoms with E-state index < -0.39 is 10.0 Å². The normalized spacial score (nSPS) is 12.9. The zero-order valence-corrected chi connectivity index (χ0v) is 12.0. The summed E-state index contributed by atoms with van der Waals surface area (Å²) in [6.45, 7) is 0.261. The number of rotatable bonds is 7. The monoisotopic (exact) mass is 301 g/mol. The first kappa shape index (κ1) is 16.6. The van der Waals surface area contributed by atoms with Crippen LogP contribution < -0.4 is 16.2 Å². The molecule has 0 aliphatic heterocycles. The number of hydrogen-bond acceptors (Lipinski definition) is 5. The molecule has 0 aromatic heterocycles. The van der Waals surface area contributed by atoms with Gasteiger partial charge in [0.25, 0.3) is 0 Å². The van der Waals surface area contributed by atoms with Gasteiger partial charge in [0.15, 0.2) is 0 Å². The van der Waals surface area contributed by atoms with E-state index in [1.54, 1.807) is 24.3 Å². The van der Waals surface area contributed by atoms with Gasteiger partial charge in [-0.15, -0.1) is 0 Å². The van der Waals surface area contributed by atoms with Crippen LogP contribution in [0.1, 0.15) is 12.0 Å². The summed E-state index contributed by atoms with van der Waals surface area (Å²) in [5.41, 5.74) is 6.56. The van der Waals surface area contributed by atoms with E-state index in [9.17, 15) is 13.2 Å². The molecule has 0 spiro atoms. The van der Waals surface area contributed by atoms with Crippen molar-refractivity contribution in [2.75, 3.05) is 19.0 Å². The molecule has 1 aromatic carbocycles. The van der Waals surface area contributed by atoms with Crippen LogP contribution in [0.3, 0.4) is 0 Å². The van der Waals surface area contributed by atoms with Gasteiger partial charge in [0.2, 0.25) is 15.9 Å². The molecule has 1 unspecified atom stereocenters. The predicted octanol–water partition coefficient (Wildman–Crippen LogP) is -0.223. The van der Waals surface area contributed by atoms with Gasteiger partial charge in [-0.1, -0.05) is 12.1 Å². The molecule has 1 rings (SSSR count). The highest BCUT2D eigenvalue weighted by atomic mass is 32.2. The largest absolute Gasteiger partial charge is 0.380 e. The maximum absolute atomic E-state index is 11.7. The smallest absolute Gasteiger partial charge is 0.227 e. The van der Waals surface area contributed by atoms with Crippen molar-refractivity contribution in [3.63, 3.8) is 0 Å². The van der Waals surface area contributed by atoms with Crippen LogP contribution in [0.2, 0.25) is 0 Å². The van der Waals surface area contributed by atoms with Crippen LogP contribution in [0.25, 0.3) is 0 Å². The molecule has 20 heavy (non-hydrogen) atoms. The Labute approximate surface area is 118 Å². The molecule has 1 aromatic rings. The highest BCUT2D eigenvalue weighted by Gasteiger charge is 2.11. The number of anilines is 1. The fourth-order valence-electron chi connectivity index (χ4n) is 1.60. The van der Waals surface area contributed by atoms with E-state index in [2.05, 4.69) is 5.32 Å². The number of hydrogen-bond donors (Lipinski definition) is 3. The average molecular weight is 301 g/mol. The van der Waals surface area contributed by atoms with Crippen LogP contribution in [-0.4, -0.2) is 34.1 Å². The number of ether oxygens (including phenoxy) is 1. The summed E-state index contributed by atoms with van der Waals surface area (Å²) in [5, 5.41) is 7.62. The van der Waals surface area contributed by atoms with Gasteiger partial charge in [0, 0.05) is 19.3 Å². The van der Waals surface area contributed by atoms with Gasteiger partial charge in [-0.3, -0.25) is 4.79 Å². The third kappa shape index (κ3) is 6.11. The third-order valence-corrected chi connectivity index (χ3v) is 3.35. The minimum atomic E-state index is -3.55.